The van der Waals surface area contributed by atoms with Gasteiger partial charge in [0.15, 0.2) is 0 Å². The number of nitrogens with one attached hydrogen (secondary N) is 4. The molecule has 4 amide bonds. The number of rotatable bonds is 10. The van der Waals surface area contributed by atoms with E-state index >= 15 is 0 Å². The largest absolute Gasteiger partial charge is 0.444 e. The molecule has 0 radical (unpaired) electrons. The second-order valence-corrected chi connectivity index (χ2v) is 48.1. The molecule has 1 heterocycles. The molecular formula is C95H165ClN6O15. The van der Waals surface area contributed by atoms with Crippen molar-refractivity contribution in [1.29, 1.82) is 0 Å². The highest BCUT2D eigenvalue weighted by Crippen LogP contribution is 2.68. The predicted octanol–water partition coefficient (Wildman–Crippen LogP) is 16.7. The summed E-state index contributed by atoms with van der Waals surface area (Å²) in [5.41, 5.74) is 9.91. The third kappa shape index (κ3) is 21.5. The van der Waals surface area contributed by atoms with Crippen molar-refractivity contribution in [2.75, 3.05) is 52.5 Å². The number of alkyl carbamates (subject to hydrolysis) is 4. The Bertz CT molecular complexity index is 3190. The van der Waals surface area contributed by atoms with Crippen LogP contribution in [0.3, 0.4) is 0 Å². The molecule has 117 heavy (non-hydrogen) atoms. The van der Waals surface area contributed by atoms with E-state index in [1.807, 2.05) is 96.9 Å². The Morgan fingerprint density at radius 1 is 0.359 bits per heavy atom. The van der Waals surface area contributed by atoms with Gasteiger partial charge in [0.25, 0.3) is 0 Å². The molecule has 12 unspecified atom stereocenters. The number of hydrogen-bond donors (Lipinski definition) is 11. The van der Waals surface area contributed by atoms with Crippen LogP contribution in [0, 0.1) is 139 Å². The van der Waals surface area contributed by atoms with Crippen LogP contribution in [-0.2, 0) is 28.5 Å². The first-order valence-electron chi connectivity index (χ1n) is 46.3. The summed E-state index contributed by atoms with van der Waals surface area (Å²) in [4.78, 5) is 59.6. The summed E-state index contributed by atoms with van der Waals surface area (Å²) in [6.45, 7) is 37.2. The van der Waals surface area contributed by atoms with Crippen LogP contribution < -0.4 is 32.7 Å². The Morgan fingerprint density at radius 2 is 0.573 bits per heavy atom. The molecule has 25 rings (SSSR count). The maximum absolute atomic E-state index is 12.1. The molecule has 22 heteroatoms. The van der Waals surface area contributed by atoms with Crippen LogP contribution in [0.25, 0.3) is 0 Å². The Balaban J connectivity index is 0.000000136. The summed E-state index contributed by atoms with van der Waals surface area (Å²) in [6, 6.07) is 0. The molecule has 24 aliphatic carbocycles. The van der Waals surface area contributed by atoms with Crippen molar-refractivity contribution < 1.29 is 73.2 Å². The van der Waals surface area contributed by atoms with Gasteiger partial charge in [0.05, 0.1) is 28.5 Å². The number of hydrogen-bond acceptors (Lipinski definition) is 17. The number of amides is 4. The summed E-state index contributed by atoms with van der Waals surface area (Å²) in [7, 11) is 0. The molecule has 21 nitrogen and oxygen atoms in total. The number of aliphatic hydroxyl groups is 5. The topological polar surface area (TPSA) is 333 Å². The van der Waals surface area contributed by atoms with Crippen LogP contribution in [0.4, 0.5) is 19.2 Å². The standard InChI is InChI=1S/2C17H29NO3.C16H27NO3.C16H25NO3.2C12H21NO.C4H8O.CH4.ClH/c2*1-15(2,3)21-14(19)18-10-17-7-11-5-12(8-17)16(4,20)13(6-11)9-17;2*1-15(2,3)20-14(19)17-9-16-6-10-4-11(7-16)13(18)12(5-10)8-16;2*1-11(14)9-2-8-3-10(11)6-12(4-8,5-9)7-13;1-2-4-5-3-1;;/h2*11-13,20H,5-10H2,1-4H3,(H,18,19);10-13,18H,4-9H2,1-3H3,(H,17,19);10-12H,4-9H2,1-3H3,(H,17,19);2*8-10,14H,2-7,13H2,1H3;1-4H2;1H4;1H. The number of ketones is 1. The second-order valence-electron chi connectivity index (χ2n) is 48.1. The Morgan fingerprint density at radius 3 is 0.803 bits per heavy atom. The van der Waals surface area contributed by atoms with Crippen LogP contribution in [-0.4, -0.2) is 159 Å². The van der Waals surface area contributed by atoms with E-state index in [9.17, 15) is 49.5 Å². The lowest BCUT2D eigenvalue weighted by atomic mass is 9.45. The van der Waals surface area contributed by atoms with Crippen LogP contribution in [0.15, 0.2) is 0 Å². The summed E-state index contributed by atoms with van der Waals surface area (Å²) >= 11 is 0. The lowest BCUT2D eigenvalue weighted by Crippen LogP contribution is -2.61. The van der Waals surface area contributed by atoms with Crippen molar-refractivity contribution in [3.8, 4) is 0 Å². The summed E-state index contributed by atoms with van der Waals surface area (Å²) < 4.78 is 26.3. The van der Waals surface area contributed by atoms with Gasteiger partial charge in [0.2, 0.25) is 0 Å². The minimum absolute atomic E-state index is 0. The van der Waals surface area contributed by atoms with Crippen LogP contribution in [0.2, 0.25) is 0 Å². The second kappa shape index (κ2) is 34.6. The first-order chi connectivity index (χ1) is 53.3. The molecule has 13 N–H and O–H groups in total. The molecule has 25 fully saturated rings. The number of Topliss-reactive ketones (excluding diaryl/α,β-unsaturated/α-hetero) is 1. The van der Waals surface area contributed by atoms with E-state index in [0.29, 0.717) is 108 Å². The maximum atomic E-state index is 12.1. The van der Waals surface area contributed by atoms with E-state index in [0.717, 1.165) is 146 Å². The van der Waals surface area contributed by atoms with Crippen molar-refractivity contribution in [1.82, 2.24) is 21.3 Å². The first-order valence-corrected chi connectivity index (χ1v) is 46.3. The van der Waals surface area contributed by atoms with Gasteiger partial charge in [-0.25, -0.2) is 19.2 Å². The van der Waals surface area contributed by atoms with E-state index in [-0.39, 0.29) is 95.0 Å². The molecule has 25 aliphatic rings. The van der Waals surface area contributed by atoms with E-state index in [4.69, 9.17) is 35.2 Å². The summed E-state index contributed by atoms with van der Waals surface area (Å²) in [5.74, 6) is 10.4. The van der Waals surface area contributed by atoms with Crippen molar-refractivity contribution in [3.05, 3.63) is 0 Å². The van der Waals surface area contributed by atoms with Crippen molar-refractivity contribution in [3.63, 3.8) is 0 Å². The van der Waals surface area contributed by atoms with Crippen molar-refractivity contribution in [2.24, 2.45) is 150 Å². The fourth-order valence-electron chi connectivity index (χ4n) is 29.7. The Kier molecular flexibility index (Phi) is 27.9. The molecule has 1 aliphatic heterocycles. The molecular weight excluding hydrogens is 1500 g/mol. The van der Waals surface area contributed by atoms with E-state index < -0.39 is 33.6 Å². The van der Waals surface area contributed by atoms with Gasteiger partial charge in [-0.05, 0) is 457 Å². The molecule has 0 spiro atoms. The zero-order chi connectivity index (χ0) is 83.5. The molecule has 24 bridgehead atoms. The SMILES string of the molecule is C.C1CCOC1.CC(C)(C)OC(=O)NCC12CC3CC(C1)C(=O)C(C3)C2.CC(C)(C)OC(=O)NCC12CC3CC(C1)C(C)(O)C(C3)C2.CC(C)(C)OC(=O)NCC12CC3CC(C1)C(C)(O)C(C3)C2.CC(C)(C)OC(=O)NCC12CC3CC(C1)C(O)C(C3)C2.CC1(O)C2CC3CC1CC(CN)(C3)C2.CC1(O)C2CC3CC1CC(CN)(C3)C2.Cl. The highest BCUT2D eigenvalue weighted by molar-refractivity contribution is 5.86. The zero-order valence-corrected chi connectivity index (χ0v) is 75.5. The lowest BCUT2D eigenvalue weighted by Gasteiger charge is -2.62. The molecule has 1 saturated heterocycles. The average molecular weight is 1670 g/mol. The summed E-state index contributed by atoms with van der Waals surface area (Å²) in [5, 5.41) is 64.5. The maximum Gasteiger partial charge on any atom is 0.407 e. The smallest absolute Gasteiger partial charge is 0.407 e. The van der Waals surface area contributed by atoms with Gasteiger partial charge in [-0.2, -0.15) is 0 Å². The molecule has 0 aromatic heterocycles. The third-order valence-corrected chi connectivity index (χ3v) is 34.1. The molecule has 24 saturated carbocycles. The van der Waals surface area contributed by atoms with Gasteiger partial charge in [0, 0.05) is 51.2 Å². The van der Waals surface area contributed by atoms with Gasteiger partial charge in [-0.15, -0.1) is 12.4 Å². The van der Waals surface area contributed by atoms with Crippen LogP contribution >= 0.6 is 12.4 Å². The zero-order valence-electron chi connectivity index (χ0n) is 74.6. The fraction of sp³-hybridized carbons (Fsp3) is 0.947. The van der Waals surface area contributed by atoms with E-state index in [1.54, 1.807) is 0 Å². The van der Waals surface area contributed by atoms with Crippen molar-refractivity contribution in [2.45, 2.75) is 375 Å². The monoisotopic (exact) mass is 1670 g/mol. The number of ether oxygens (including phenoxy) is 5. The van der Waals surface area contributed by atoms with Gasteiger partial charge in [0.1, 0.15) is 28.2 Å². The van der Waals surface area contributed by atoms with E-state index in [2.05, 4.69) is 35.1 Å². The predicted molar refractivity (Wildman–Crippen MR) is 459 cm³/mol. The number of carbonyl (C=O) groups excluding carboxylic acids is 5. The number of aliphatic hydroxyl groups excluding tert-OH is 1. The number of carbonyl (C=O) groups is 5. The molecule has 12 atom stereocenters. The van der Waals surface area contributed by atoms with Gasteiger partial charge >= 0.3 is 24.4 Å². The Hall–Kier alpha value is -3.28. The third-order valence-electron chi connectivity index (χ3n) is 34.1. The molecule has 0 aromatic rings. The van der Waals surface area contributed by atoms with Crippen molar-refractivity contribution >= 4 is 42.6 Å². The van der Waals surface area contributed by atoms with Gasteiger partial charge in [-0.3, -0.25) is 4.79 Å². The number of halogens is 1. The summed E-state index contributed by atoms with van der Waals surface area (Å²) in [6.07, 6.45) is 35.9. The van der Waals surface area contributed by atoms with Crippen LogP contribution in [0.1, 0.15) is 324 Å². The quantitative estimate of drug-likeness (QED) is 0.0905. The molecule has 0 aromatic carbocycles. The van der Waals surface area contributed by atoms with Crippen LogP contribution in [0.5, 0.6) is 0 Å². The lowest BCUT2D eigenvalue weighted by molar-refractivity contribution is -0.190. The van der Waals surface area contributed by atoms with E-state index in [1.165, 1.54) is 116 Å². The minimum atomic E-state index is -0.494. The highest BCUT2D eigenvalue weighted by atomic mass is 35.5. The average Bonchev–Trinajstić information content (AvgIpc) is 1.80. The molecule has 672 valence electrons. The fourth-order valence-corrected chi connectivity index (χ4v) is 29.7. The van der Waals surface area contributed by atoms with Gasteiger partial charge in [-0.1, -0.05) is 7.43 Å². The normalized spacial score (nSPS) is 45.5. The Labute approximate surface area is 710 Å². The van der Waals surface area contributed by atoms with Gasteiger partial charge < -0.3 is 82.0 Å². The number of nitrogens with two attached hydrogens (primary N) is 2. The first kappa shape index (κ1) is 94.4. The minimum Gasteiger partial charge on any atom is -0.444 e. The highest BCUT2D eigenvalue weighted by Gasteiger charge is 2.65.